The number of methoxy groups -OCH3 is 1. The summed E-state index contributed by atoms with van der Waals surface area (Å²) in [6, 6.07) is 28.0. The summed E-state index contributed by atoms with van der Waals surface area (Å²) in [6.07, 6.45) is 1.87. The minimum absolute atomic E-state index is 0.0896. The van der Waals surface area contributed by atoms with Gasteiger partial charge in [-0.05, 0) is 73.7 Å². The van der Waals surface area contributed by atoms with Crippen molar-refractivity contribution in [2.24, 2.45) is 0 Å². The third-order valence-electron chi connectivity index (χ3n) is 5.89. The summed E-state index contributed by atoms with van der Waals surface area (Å²) in [4.78, 5) is 15.3. The van der Waals surface area contributed by atoms with E-state index in [4.69, 9.17) is 21.7 Å². The monoisotopic (exact) mass is 575 g/mol. The molecule has 0 N–H and O–H groups in total. The van der Waals surface area contributed by atoms with Gasteiger partial charge in [-0.25, -0.2) is 0 Å². The summed E-state index contributed by atoms with van der Waals surface area (Å²) < 4.78 is 12.7. The highest BCUT2D eigenvalue weighted by Crippen LogP contribution is 2.35. The number of benzene rings is 4. The van der Waals surface area contributed by atoms with Crippen molar-refractivity contribution in [2.75, 3.05) is 7.11 Å². The predicted molar refractivity (Wildman–Crippen MR) is 154 cm³/mol. The number of amides is 1. The Kier molecular flexibility index (Phi) is 7.41. The molecule has 1 heterocycles. The van der Waals surface area contributed by atoms with Crippen LogP contribution in [-0.4, -0.2) is 22.2 Å². The molecule has 180 valence electrons. The Labute approximate surface area is 228 Å². The van der Waals surface area contributed by atoms with Crippen LogP contribution in [0.25, 0.3) is 16.8 Å². The quantitative estimate of drug-likeness (QED) is 0.167. The molecule has 4 aromatic rings. The van der Waals surface area contributed by atoms with Crippen molar-refractivity contribution in [1.82, 2.24) is 4.90 Å². The van der Waals surface area contributed by atoms with Crippen molar-refractivity contribution in [3.05, 3.63) is 111 Å². The Bertz CT molecular complexity index is 1480. The number of thiocarbonyl (C=S) groups is 1. The minimum Gasteiger partial charge on any atom is -0.497 e. The van der Waals surface area contributed by atoms with Gasteiger partial charge in [0.1, 0.15) is 22.4 Å². The van der Waals surface area contributed by atoms with Crippen LogP contribution in [0.2, 0.25) is 0 Å². The molecule has 0 unspecified atom stereocenters. The van der Waals surface area contributed by atoms with Crippen LogP contribution in [0.5, 0.6) is 11.5 Å². The van der Waals surface area contributed by atoms with Crippen LogP contribution in [0.1, 0.15) is 16.7 Å². The van der Waals surface area contributed by atoms with Gasteiger partial charge in [-0.3, -0.25) is 9.69 Å². The van der Waals surface area contributed by atoms with Gasteiger partial charge in [0.2, 0.25) is 0 Å². The Morgan fingerprint density at radius 2 is 1.78 bits per heavy atom. The van der Waals surface area contributed by atoms with E-state index in [1.165, 1.54) is 22.5 Å². The van der Waals surface area contributed by atoms with Crippen LogP contribution in [0, 0.1) is 0 Å². The van der Waals surface area contributed by atoms with E-state index in [-0.39, 0.29) is 5.91 Å². The highest BCUT2D eigenvalue weighted by Gasteiger charge is 2.32. The van der Waals surface area contributed by atoms with Crippen LogP contribution in [-0.2, 0) is 17.9 Å². The average molecular weight is 577 g/mol. The largest absolute Gasteiger partial charge is 0.497 e. The molecule has 1 saturated heterocycles. The first-order chi connectivity index (χ1) is 17.5. The van der Waals surface area contributed by atoms with E-state index >= 15 is 0 Å². The smallest absolute Gasteiger partial charge is 0.266 e. The van der Waals surface area contributed by atoms with Gasteiger partial charge >= 0.3 is 0 Å². The second-order valence-electron chi connectivity index (χ2n) is 8.23. The Morgan fingerprint density at radius 1 is 1.00 bits per heavy atom. The summed E-state index contributed by atoms with van der Waals surface area (Å²) in [7, 11) is 1.63. The van der Waals surface area contributed by atoms with Gasteiger partial charge in [0, 0.05) is 0 Å². The normalized spacial score (nSPS) is 14.6. The number of hydrogen-bond donors (Lipinski definition) is 0. The van der Waals surface area contributed by atoms with Crippen molar-refractivity contribution >= 4 is 67.0 Å². The van der Waals surface area contributed by atoms with Crippen LogP contribution in [0.15, 0.2) is 94.3 Å². The maximum Gasteiger partial charge on any atom is 0.266 e. The van der Waals surface area contributed by atoms with Crippen molar-refractivity contribution in [3.63, 3.8) is 0 Å². The van der Waals surface area contributed by atoms with E-state index in [1.54, 1.807) is 12.0 Å². The number of nitrogens with zero attached hydrogens (tertiary/aromatic N) is 1. The highest BCUT2D eigenvalue weighted by atomic mass is 79.9. The molecule has 0 spiro atoms. The molecule has 4 aromatic carbocycles. The molecular formula is C29H22BrNO3S2. The number of rotatable bonds is 7. The van der Waals surface area contributed by atoms with Crippen LogP contribution in [0.3, 0.4) is 0 Å². The molecule has 36 heavy (non-hydrogen) atoms. The van der Waals surface area contributed by atoms with Gasteiger partial charge in [-0.15, -0.1) is 0 Å². The summed E-state index contributed by atoms with van der Waals surface area (Å²) in [5.41, 5.74) is 3.01. The zero-order chi connectivity index (χ0) is 25.1. The lowest BCUT2D eigenvalue weighted by atomic mass is 10.1. The second kappa shape index (κ2) is 10.9. The van der Waals surface area contributed by atoms with Gasteiger partial charge in [-0.1, -0.05) is 84.6 Å². The van der Waals surface area contributed by atoms with Crippen LogP contribution in [0.4, 0.5) is 0 Å². The molecule has 0 atom stereocenters. The molecule has 4 nitrogen and oxygen atoms in total. The van der Waals surface area contributed by atoms with E-state index in [9.17, 15) is 4.79 Å². The molecule has 0 aromatic heterocycles. The van der Waals surface area contributed by atoms with Gasteiger partial charge in [0.05, 0.1) is 23.0 Å². The first-order valence-electron chi connectivity index (χ1n) is 11.3. The average Bonchev–Trinajstić information content (AvgIpc) is 3.16. The van der Waals surface area contributed by atoms with Crippen LogP contribution >= 0.6 is 39.9 Å². The first-order valence-corrected chi connectivity index (χ1v) is 13.3. The maximum atomic E-state index is 13.1. The highest BCUT2D eigenvalue weighted by molar-refractivity contribution is 9.10. The fourth-order valence-electron chi connectivity index (χ4n) is 4.00. The van der Waals surface area contributed by atoms with Crippen molar-refractivity contribution in [3.8, 4) is 11.5 Å². The van der Waals surface area contributed by atoms with E-state index in [0.29, 0.717) is 22.4 Å². The number of fused-ring (bicyclic) bond motifs is 1. The van der Waals surface area contributed by atoms with E-state index in [0.717, 1.165) is 32.7 Å². The molecule has 0 aliphatic carbocycles. The van der Waals surface area contributed by atoms with E-state index in [2.05, 4.69) is 40.2 Å². The summed E-state index contributed by atoms with van der Waals surface area (Å²) in [5, 5.41) is 2.38. The Hall–Kier alpha value is -3.13. The fourth-order valence-corrected chi connectivity index (χ4v) is 5.77. The van der Waals surface area contributed by atoms with E-state index < -0.39 is 0 Å². The van der Waals surface area contributed by atoms with Gasteiger partial charge in [0.15, 0.2) is 0 Å². The van der Waals surface area contributed by atoms with Gasteiger partial charge < -0.3 is 9.47 Å². The third-order valence-corrected chi connectivity index (χ3v) is 7.89. The van der Waals surface area contributed by atoms with Gasteiger partial charge in [0.25, 0.3) is 5.91 Å². The van der Waals surface area contributed by atoms with Crippen molar-refractivity contribution < 1.29 is 14.3 Å². The topological polar surface area (TPSA) is 38.8 Å². The summed E-state index contributed by atoms with van der Waals surface area (Å²) in [6.45, 7) is 0.889. The van der Waals surface area contributed by atoms with E-state index in [1.807, 2.05) is 66.7 Å². The first kappa shape index (κ1) is 24.6. The number of ether oxygens (including phenoxy) is 2. The fraction of sp³-hybridized carbons (Fsp3) is 0.103. The Morgan fingerprint density at radius 3 is 2.56 bits per heavy atom. The number of carbonyl (C=O) groups is 1. The number of thioether (sulfide) groups is 1. The molecule has 1 aliphatic heterocycles. The van der Waals surface area contributed by atoms with Crippen molar-refractivity contribution in [1.29, 1.82) is 0 Å². The minimum atomic E-state index is -0.0896. The molecule has 7 heteroatoms. The lowest BCUT2D eigenvalue weighted by molar-refractivity contribution is -0.122. The number of carbonyl (C=O) groups excluding carboxylic acids is 1. The zero-order valence-corrected chi connectivity index (χ0v) is 22.7. The maximum absolute atomic E-state index is 13.1. The SMILES string of the molecule is COc1ccc(CN2C(=O)C(=Cc3ccc(OCc4cccc5ccccc45)c(Br)c3)SC2=S)cc1. The second-order valence-corrected chi connectivity index (χ2v) is 10.8. The molecule has 0 saturated carbocycles. The molecule has 1 amide bonds. The third kappa shape index (κ3) is 5.33. The molecule has 0 radical (unpaired) electrons. The lowest BCUT2D eigenvalue weighted by Gasteiger charge is -2.14. The lowest BCUT2D eigenvalue weighted by Crippen LogP contribution is -2.27. The van der Waals surface area contributed by atoms with Gasteiger partial charge in [-0.2, -0.15) is 0 Å². The number of halogens is 1. The van der Waals surface area contributed by atoms with Crippen LogP contribution < -0.4 is 9.47 Å². The standard InChI is InChI=1S/C29H22BrNO3S2/c1-33-23-12-9-19(10-13-23)17-31-28(32)27(36-29(31)35)16-20-11-14-26(25(30)15-20)34-18-22-7-4-6-21-5-2-3-8-24(21)22/h2-16H,17-18H2,1H3. The molecular weight excluding hydrogens is 554 g/mol. The predicted octanol–water partition coefficient (Wildman–Crippen LogP) is 7.59. The molecule has 1 aliphatic rings. The number of hydrogen-bond acceptors (Lipinski definition) is 5. The Balaban J connectivity index is 1.28. The summed E-state index contributed by atoms with van der Waals surface area (Å²) >= 11 is 10.4. The molecule has 5 rings (SSSR count). The molecule has 1 fully saturated rings. The zero-order valence-electron chi connectivity index (χ0n) is 19.4. The molecule has 0 bridgehead atoms. The van der Waals surface area contributed by atoms with Crippen molar-refractivity contribution in [2.45, 2.75) is 13.2 Å². The summed E-state index contributed by atoms with van der Waals surface area (Å²) in [5.74, 6) is 1.43.